The molecule has 1 aliphatic rings. The Kier molecular flexibility index (Phi) is 3.77. The molecule has 0 amide bonds. The van der Waals surface area contributed by atoms with Crippen LogP contribution in [-0.2, 0) is 11.3 Å². The number of hydrogen-bond acceptors (Lipinski definition) is 3. The van der Waals surface area contributed by atoms with Gasteiger partial charge in [-0.1, -0.05) is 0 Å². The molecule has 1 aromatic rings. The summed E-state index contributed by atoms with van der Waals surface area (Å²) in [4.78, 5) is 1.72. The van der Waals surface area contributed by atoms with Crippen LogP contribution in [0.1, 0.15) is 33.3 Å². The first-order valence-electron chi connectivity index (χ1n) is 6.77. The number of ether oxygens (including phenoxy) is 1. The largest absolute Gasteiger partial charge is 0.366 e. The van der Waals surface area contributed by atoms with Gasteiger partial charge in [-0.25, -0.2) is 8.78 Å². The number of benzene rings is 1. The first kappa shape index (κ1) is 15.2. The molecule has 2 N–H and O–H groups in total. The number of halogens is 2. The minimum Gasteiger partial charge on any atom is -0.366 e. The highest BCUT2D eigenvalue weighted by Crippen LogP contribution is 2.34. The molecular formula is C15H22F2N2O. The lowest BCUT2D eigenvalue weighted by Crippen LogP contribution is -2.57. The van der Waals surface area contributed by atoms with Gasteiger partial charge < -0.3 is 15.4 Å². The average molecular weight is 284 g/mol. The zero-order chi connectivity index (χ0) is 15.1. The van der Waals surface area contributed by atoms with Gasteiger partial charge in [0.1, 0.15) is 17.3 Å². The van der Waals surface area contributed by atoms with Gasteiger partial charge in [-0.05, 0) is 45.4 Å². The fraction of sp³-hybridized carbons (Fsp3) is 0.600. The number of nitrogens with zero attached hydrogens (tertiary/aromatic N) is 1. The highest BCUT2D eigenvalue weighted by Gasteiger charge is 2.39. The predicted octanol–water partition coefficient (Wildman–Crippen LogP) is 2.82. The summed E-state index contributed by atoms with van der Waals surface area (Å²) in [5, 5.41) is 0. The summed E-state index contributed by atoms with van der Waals surface area (Å²) in [6, 6.07) is 2.60. The van der Waals surface area contributed by atoms with Crippen molar-refractivity contribution in [1.82, 2.24) is 0 Å². The summed E-state index contributed by atoms with van der Waals surface area (Å²) in [6.07, 6.45) is 0. The fourth-order valence-corrected chi connectivity index (χ4v) is 2.98. The zero-order valence-electron chi connectivity index (χ0n) is 12.5. The van der Waals surface area contributed by atoms with Gasteiger partial charge >= 0.3 is 0 Å². The Bertz CT molecular complexity index is 476. The van der Waals surface area contributed by atoms with Gasteiger partial charge in [0.2, 0.25) is 0 Å². The second-order valence-corrected chi connectivity index (χ2v) is 6.59. The quantitative estimate of drug-likeness (QED) is 0.907. The van der Waals surface area contributed by atoms with Crippen molar-refractivity contribution in [1.29, 1.82) is 0 Å². The van der Waals surface area contributed by atoms with E-state index in [4.69, 9.17) is 10.5 Å². The maximum atomic E-state index is 14.2. The van der Waals surface area contributed by atoms with Crippen LogP contribution in [0.5, 0.6) is 0 Å². The van der Waals surface area contributed by atoms with Crippen molar-refractivity contribution in [2.45, 2.75) is 45.4 Å². The van der Waals surface area contributed by atoms with E-state index in [2.05, 4.69) is 0 Å². The second kappa shape index (κ2) is 4.97. The molecule has 112 valence electrons. The van der Waals surface area contributed by atoms with Gasteiger partial charge in [-0.15, -0.1) is 0 Å². The summed E-state index contributed by atoms with van der Waals surface area (Å²) >= 11 is 0. The van der Waals surface area contributed by atoms with E-state index in [0.29, 0.717) is 18.7 Å². The maximum absolute atomic E-state index is 14.2. The molecule has 0 saturated carbocycles. The molecule has 1 heterocycles. The molecule has 0 aliphatic carbocycles. The minimum atomic E-state index is -0.570. The predicted molar refractivity (Wildman–Crippen MR) is 75.7 cm³/mol. The summed E-state index contributed by atoms with van der Waals surface area (Å²) in [5.41, 5.74) is 4.97. The Morgan fingerprint density at radius 1 is 1.10 bits per heavy atom. The molecule has 5 heteroatoms. The van der Waals surface area contributed by atoms with E-state index in [1.165, 1.54) is 12.1 Å². The fourth-order valence-electron chi connectivity index (χ4n) is 2.98. The third kappa shape index (κ3) is 3.10. The Morgan fingerprint density at radius 2 is 1.55 bits per heavy atom. The van der Waals surface area contributed by atoms with Crippen molar-refractivity contribution in [3.8, 4) is 0 Å². The first-order chi connectivity index (χ1) is 9.13. The van der Waals surface area contributed by atoms with E-state index >= 15 is 0 Å². The third-order valence-corrected chi connectivity index (χ3v) is 3.32. The van der Waals surface area contributed by atoms with Gasteiger partial charge in [0.15, 0.2) is 0 Å². The van der Waals surface area contributed by atoms with Crippen LogP contribution in [0, 0.1) is 11.6 Å². The molecule has 0 bridgehead atoms. The van der Waals surface area contributed by atoms with Crippen molar-refractivity contribution in [2.24, 2.45) is 5.73 Å². The van der Waals surface area contributed by atoms with Crippen LogP contribution in [0.25, 0.3) is 0 Å². The van der Waals surface area contributed by atoms with Crippen LogP contribution in [0.2, 0.25) is 0 Å². The normalized spacial score (nSPS) is 21.1. The number of nitrogens with two attached hydrogens (primary N) is 1. The van der Waals surface area contributed by atoms with Crippen LogP contribution in [0.4, 0.5) is 14.5 Å². The highest BCUT2D eigenvalue weighted by molar-refractivity contribution is 5.52. The smallest absolute Gasteiger partial charge is 0.149 e. The Labute approximate surface area is 118 Å². The third-order valence-electron chi connectivity index (χ3n) is 3.32. The van der Waals surface area contributed by atoms with E-state index in [9.17, 15) is 8.78 Å². The maximum Gasteiger partial charge on any atom is 0.149 e. The van der Waals surface area contributed by atoms with E-state index < -0.39 is 22.8 Å². The Morgan fingerprint density at radius 3 is 1.95 bits per heavy atom. The lowest BCUT2D eigenvalue weighted by Gasteiger charge is -2.48. The second-order valence-electron chi connectivity index (χ2n) is 6.59. The molecule has 0 atom stereocenters. The van der Waals surface area contributed by atoms with Crippen LogP contribution >= 0.6 is 0 Å². The number of hydrogen-bond donors (Lipinski definition) is 1. The van der Waals surface area contributed by atoms with Crippen LogP contribution in [-0.4, -0.2) is 24.3 Å². The van der Waals surface area contributed by atoms with Gasteiger partial charge in [0.05, 0.1) is 11.2 Å². The molecule has 3 nitrogen and oxygen atoms in total. The van der Waals surface area contributed by atoms with Crippen molar-refractivity contribution in [3.05, 3.63) is 29.3 Å². The molecule has 0 radical (unpaired) electrons. The summed E-state index contributed by atoms with van der Waals surface area (Å²) in [5.74, 6) is -1.14. The van der Waals surface area contributed by atoms with Gasteiger partial charge in [-0.3, -0.25) is 0 Å². The zero-order valence-corrected chi connectivity index (χ0v) is 12.5. The van der Waals surface area contributed by atoms with Crippen LogP contribution in [0.3, 0.4) is 0 Å². The number of rotatable bonds is 2. The van der Waals surface area contributed by atoms with Gasteiger partial charge in [0, 0.05) is 19.6 Å². The van der Waals surface area contributed by atoms with E-state index in [1.54, 1.807) is 4.90 Å². The van der Waals surface area contributed by atoms with Crippen molar-refractivity contribution >= 4 is 5.69 Å². The molecular weight excluding hydrogens is 262 g/mol. The van der Waals surface area contributed by atoms with Crippen LogP contribution in [0.15, 0.2) is 12.1 Å². The first-order valence-corrected chi connectivity index (χ1v) is 6.77. The molecule has 1 fully saturated rings. The minimum absolute atomic E-state index is 0.00616. The lowest BCUT2D eigenvalue weighted by atomic mass is 9.98. The molecule has 2 rings (SSSR count). The Balaban J connectivity index is 2.41. The summed E-state index contributed by atoms with van der Waals surface area (Å²) in [6.45, 7) is 8.68. The van der Waals surface area contributed by atoms with Crippen molar-refractivity contribution in [3.63, 3.8) is 0 Å². The molecule has 1 aliphatic heterocycles. The Hall–Kier alpha value is -1.20. The van der Waals surface area contributed by atoms with E-state index in [0.717, 1.165) is 0 Å². The highest BCUT2D eigenvalue weighted by atomic mass is 19.1. The molecule has 0 aromatic heterocycles. The number of anilines is 1. The van der Waals surface area contributed by atoms with Crippen molar-refractivity contribution in [2.75, 3.05) is 18.0 Å². The number of morpholine rings is 1. The van der Waals surface area contributed by atoms with Crippen LogP contribution < -0.4 is 10.6 Å². The topological polar surface area (TPSA) is 38.5 Å². The molecule has 0 spiro atoms. The molecule has 0 unspecified atom stereocenters. The van der Waals surface area contributed by atoms with Gasteiger partial charge in [-0.2, -0.15) is 0 Å². The molecule has 1 aromatic carbocycles. The summed E-state index contributed by atoms with van der Waals surface area (Å²) in [7, 11) is 0. The monoisotopic (exact) mass is 284 g/mol. The summed E-state index contributed by atoms with van der Waals surface area (Å²) < 4.78 is 34.3. The molecule has 1 saturated heterocycles. The van der Waals surface area contributed by atoms with E-state index in [-0.39, 0.29) is 12.2 Å². The van der Waals surface area contributed by atoms with E-state index in [1.807, 2.05) is 27.7 Å². The van der Waals surface area contributed by atoms with Gasteiger partial charge in [0.25, 0.3) is 0 Å². The SMILES string of the molecule is CC1(C)CN(c2c(F)cc(CN)cc2F)CC(C)(C)O1. The van der Waals surface area contributed by atoms with Crippen molar-refractivity contribution < 1.29 is 13.5 Å². The average Bonchev–Trinajstić information content (AvgIpc) is 2.23. The standard InChI is InChI=1S/C15H22F2N2O/c1-14(2)8-19(9-15(3,4)20-14)13-11(16)5-10(7-18)6-12(13)17/h5-6H,7-9,18H2,1-4H3. The molecule has 20 heavy (non-hydrogen) atoms. The lowest BCUT2D eigenvalue weighted by molar-refractivity contribution is -0.133.